The minimum Gasteiger partial charge on any atom is -0.392 e. The van der Waals surface area contributed by atoms with Gasteiger partial charge in [-0.1, -0.05) is 12.1 Å². The van der Waals surface area contributed by atoms with Crippen LogP contribution in [0.1, 0.15) is 5.56 Å². The highest BCUT2D eigenvalue weighted by molar-refractivity contribution is 5.79. The van der Waals surface area contributed by atoms with Gasteiger partial charge in [0.15, 0.2) is 0 Å². The molecule has 1 aromatic carbocycles. The number of aliphatic hydroxyl groups is 1. The predicted octanol–water partition coefficient (Wildman–Crippen LogP) is 1.56. The van der Waals surface area contributed by atoms with Crippen molar-refractivity contribution in [2.45, 2.75) is 0 Å². The lowest BCUT2D eigenvalue weighted by molar-refractivity contribution is -0.115. The van der Waals surface area contributed by atoms with Crippen LogP contribution in [0, 0.1) is 5.82 Å². The summed E-state index contributed by atoms with van der Waals surface area (Å²) in [5.74, 6) is -0.297. The fourth-order valence-corrected chi connectivity index (χ4v) is 1.78. The molecule has 3 nitrogen and oxygen atoms in total. The van der Waals surface area contributed by atoms with E-state index < -0.39 is 0 Å². The van der Waals surface area contributed by atoms with Crippen molar-refractivity contribution in [2.75, 3.05) is 13.2 Å². The first kappa shape index (κ1) is 11.5. The third-order valence-electron chi connectivity index (χ3n) is 2.67. The van der Waals surface area contributed by atoms with Gasteiger partial charge in [-0.05, 0) is 34.9 Å². The number of hydrogen-bond donors (Lipinski definition) is 1. The van der Waals surface area contributed by atoms with Gasteiger partial charge in [-0.25, -0.2) is 4.39 Å². The smallest absolute Gasteiger partial charge is 0.213 e. The van der Waals surface area contributed by atoms with Gasteiger partial charge in [-0.2, -0.15) is 0 Å². The van der Waals surface area contributed by atoms with E-state index in [0.29, 0.717) is 13.0 Å². The summed E-state index contributed by atoms with van der Waals surface area (Å²) in [6.45, 7) is 0.241. The fourth-order valence-electron chi connectivity index (χ4n) is 1.78. The Morgan fingerprint density at radius 3 is 2.65 bits per heavy atom. The molecule has 0 radical (unpaired) electrons. The zero-order valence-electron chi connectivity index (χ0n) is 9.14. The highest BCUT2D eigenvalue weighted by atomic mass is 19.1. The van der Waals surface area contributed by atoms with Gasteiger partial charge >= 0.3 is 0 Å². The molecule has 0 unspecified atom stereocenters. The second-order valence-electron chi connectivity index (χ2n) is 3.78. The van der Waals surface area contributed by atoms with E-state index in [0.717, 1.165) is 16.7 Å². The van der Waals surface area contributed by atoms with Crippen LogP contribution in [0.5, 0.6) is 0 Å². The van der Waals surface area contributed by atoms with E-state index in [2.05, 4.69) is 0 Å². The number of allylic oxidation sites excluding steroid dienone is 2. The van der Waals surface area contributed by atoms with E-state index in [4.69, 9.17) is 0 Å². The maximum absolute atomic E-state index is 12.8. The van der Waals surface area contributed by atoms with Gasteiger partial charge in [-0.15, -0.1) is 0 Å². The van der Waals surface area contributed by atoms with Crippen molar-refractivity contribution in [1.29, 1.82) is 0 Å². The van der Waals surface area contributed by atoms with Crippen molar-refractivity contribution in [3.05, 3.63) is 53.5 Å². The molecule has 1 N–H and O–H groups in total. The average Bonchev–Trinajstić information content (AvgIpc) is 2.39. The molecule has 0 saturated heterocycles. The molecule has 1 aliphatic heterocycles. The molecular formula is C13H12FNO2. The number of halogens is 1. The van der Waals surface area contributed by atoms with E-state index in [1.165, 1.54) is 17.0 Å². The van der Waals surface area contributed by atoms with Crippen LogP contribution in [0.15, 0.2) is 42.1 Å². The Hall–Kier alpha value is -1.94. The molecule has 0 aliphatic carbocycles. The van der Waals surface area contributed by atoms with Gasteiger partial charge in [0.2, 0.25) is 6.41 Å². The summed E-state index contributed by atoms with van der Waals surface area (Å²) in [6.07, 6.45) is 4.09. The number of nitrogens with zero attached hydrogens (tertiary/aromatic N) is 1. The molecule has 0 bridgehead atoms. The topological polar surface area (TPSA) is 40.5 Å². The lowest BCUT2D eigenvalue weighted by Crippen LogP contribution is -2.23. The molecule has 0 fully saturated rings. The second-order valence-corrected chi connectivity index (χ2v) is 3.78. The van der Waals surface area contributed by atoms with Crippen molar-refractivity contribution >= 4 is 12.0 Å². The van der Waals surface area contributed by atoms with Crippen molar-refractivity contribution < 1.29 is 14.3 Å². The number of amides is 1. The van der Waals surface area contributed by atoms with Crippen molar-refractivity contribution in [2.24, 2.45) is 0 Å². The van der Waals surface area contributed by atoms with Crippen molar-refractivity contribution in [3.8, 4) is 0 Å². The van der Waals surface area contributed by atoms with E-state index >= 15 is 0 Å². The molecule has 1 aliphatic rings. The minimum atomic E-state index is -0.297. The lowest BCUT2D eigenvalue weighted by atomic mass is 9.98. The van der Waals surface area contributed by atoms with Crippen LogP contribution in [0.4, 0.5) is 4.39 Å². The first-order chi connectivity index (χ1) is 8.24. The van der Waals surface area contributed by atoms with E-state index in [1.54, 1.807) is 24.4 Å². The molecule has 2 rings (SSSR count). The Bertz CT molecular complexity index is 477. The standard InChI is InChI=1S/C13H12FNO2/c14-12-3-1-10(2-4-12)13-5-6-15(9-17)7-11(13)8-16/h1-6,9,16H,7-8H2. The van der Waals surface area contributed by atoms with Crippen LogP contribution >= 0.6 is 0 Å². The van der Waals surface area contributed by atoms with E-state index in [9.17, 15) is 14.3 Å². The van der Waals surface area contributed by atoms with Gasteiger partial charge in [0, 0.05) is 12.7 Å². The van der Waals surface area contributed by atoms with Crippen molar-refractivity contribution in [1.82, 2.24) is 4.90 Å². The third-order valence-corrected chi connectivity index (χ3v) is 2.67. The molecule has 1 aromatic rings. The van der Waals surface area contributed by atoms with Crippen LogP contribution in [0.3, 0.4) is 0 Å². The quantitative estimate of drug-likeness (QED) is 0.805. The summed E-state index contributed by atoms with van der Waals surface area (Å²) in [7, 11) is 0. The van der Waals surface area contributed by atoms with Crippen LogP contribution < -0.4 is 0 Å². The molecule has 0 aromatic heterocycles. The Kier molecular flexibility index (Phi) is 3.35. The number of hydrogen-bond acceptors (Lipinski definition) is 2. The summed E-state index contributed by atoms with van der Waals surface area (Å²) in [6, 6.07) is 6.05. The van der Waals surface area contributed by atoms with E-state index in [-0.39, 0.29) is 12.4 Å². The maximum Gasteiger partial charge on any atom is 0.213 e. The maximum atomic E-state index is 12.8. The predicted molar refractivity (Wildman–Crippen MR) is 62.3 cm³/mol. The van der Waals surface area contributed by atoms with Crippen LogP contribution in [-0.4, -0.2) is 29.6 Å². The first-order valence-corrected chi connectivity index (χ1v) is 5.22. The zero-order chi connectivity index (χ0) is 12.3. The number of aliphatic hydroxyl groups excluding tert-OH is 1. The molecule has 0 spiro atoms. The zero-order valence-corrected chi connectivity index (χ0v) is 9.14. The molecule has 0 atom stereocenters. The average molecular weight is 233 g/mol. The molecule has 4 heteroatoms. The van der Waals surface area contributed by atoms with Gasteiger partial charge in [0.1, 0.15) is 5.82 Å². The molecule has 88 valence electrons. The number of benzene rings is 1. The normalized spacial score (nSPS) is 15.3. The molecule has 1 heterocycles. The van der Waals surface area contributed by atoms with Crippen LogP contribution in [0.25, 0.3) is 5.57 Å². The van der Waals surface area contributed by atoms with Gasteiger partial charge in [0.25, 0.3) is 0 Å². The Morgan fingerprint density at radius 2 is 2.06 bits per heavy atom. The fraction of sp³-hybridized carbons (Fsp3) is 0.154. The molecule has 0 saturated carbocycles. The highest BCUT2D eigenvalue weighted by Crippen LogP contribution is 2.24. The van der Waals surface area contributed by atoms with Crippen molar-refractivity contribution in [3.63, 3.8) is 0 Å². The summed E-state index contributed by atoms with van der Waals surface area (Å²) < 4.78 is 12.8. The monoisotopic (exact) mass is 233 g/mol. The summed E-state index contributed by atoms with van der Waals surface area (Å²) >= 11 is 0. The molecule has 1 amide bonds. The van der Waals surface area contributed by atoms with Crippen LogP contribution in [-0.2, 0) is 4.79 Å². The lowest BCUT2D eigenvalue weighted by Gasteiger charge is -2.21. The van der Waals surface area contributed by atoms with Gasteiger partial charge < -0.3 is 10.0 Å². The summed E-state index contributed by atoms with van der Waals surface area (Å²) in [5, 5.41) is 9.28. The van der Waals surface area contributed by atoms with Gasteiger partial charge in [0.05, 0.1) is 6.61 Å². The largest absolute Gasteiger partial charge is 0.392 e. The third kappa shape index (κ3) is 2.42. The second kappa shape index (κ2) is 4.93. The van der Waals surface area contributed by atoms with E-state index in [1.807, 2.05) is 0 Å². The summed E-state index contributed by atoms with van der Waals surface area (Å²) in [4.78, 5) is 12.1. The first-order valence-electron chi connectivity index (χ1n) is 5.22. The Morgan fingerprint density at radius 1 is 1.35 bits per heavy atom. The molecule has 17 heavy (non-hydrogen) atoms. The van der Waals surface area contributed by atoms with Gasteiger partial charge in [-0.3, -0.25) is 4.79 Å². The molecular weight excluding hydrogens is 221 g/mol. The Labute approximate surface area is 98.5 Å². The SMILES string of the molecule is O=CN1C=CC(c2ccc(F)cc2)=C(CO)C1. The number of rotatable bonds is 3. The van der Waals surface area contributed by atoms with Crippen LogP contribution in [0.2, 0.25) is 0 Å². The minimum absolute atomic E-state index is 0.124. The highest BCUT2D eigenvalue weighted by Gasteiger charge is 2.13. The number of carbonyl (C=O) groups is 1. The Balaban J connectivity index is 2.36. The summed E-state index contributed by atoms with van der Waals surface area (Å²) in [5.41, 5.74) is 2.41. The number of carbonyl (C=O) groups excluding carboxylic acids is 1.